The minimum Gasteiger partial charge on any atom is -0.338 e. The lowest BCUT2D eigenvalue weighted by Crippen LogP contribution is -2.38. The van der Waals surface area contributed by atoms with Crippen LogP contribution in [-0.2, 0) is 6.54 Å². The minimum atomic E-state index is 0.655. The molecule has 1 aliphatic rings. The van der Waals surface area contributed by atoms with Crippen molar-refractivity contribution in [3.63, 3.8) is 0 Å². The molecule has 1 fully saturated rings. The lowest BCUT2D eigenvalue weighted by atomic mass is 9.98. The Kier molecular flexibility index (Phi) is 6.27. The van der Waals surface area contributed by atoms with Crippen molar-refractivity contribution in [3.05, 3.63) is 46.9 Å². The number of halogens is 1. The van der Waals surface area contributed by atoms with Crippen molar-refractivity contribution in [2.45, 2.75) is 58.5 Å². The molecule has 0 radical (unpaired) electrons. The first-order valence-electron chi connectivity index (χ1n) is 9.24. The number of rotatable bonds is 6. The van der Waals surface area contributed by atoms with Crippen LogP contribution in [-0.4, -0.2) is 27.5 Å². The van der Waals surface area contributed by atoms with Crippen LogP contribution in [0.15, 0.2) is 30.6 Å². The summed E-state index contributed by atoms with van der Waals surface area (Å²) in [7, 11) is 0. The Morgan fingerprint density at radius 3 is 2.84 bits per heavy atom. The van der Waals surface area contributed by atoms with Gasteiger partial charge in [-0.3, -0.25) is 9.88 Å². The molecule has 0 saturated carbocycles. The quantitative estimate of drug-likeness (QED) is 0.757. The first kappa shape index (κ1) is 18.2. The summed E-state index contributed by atoms with van der Waals surface area (Å²) in [6.45, 7) is 6.35. The second-order valence-electron chi connectivity index (χ2n) is 6.90. The first-order valence-corrected chi connectivity index (χ1v) is 9.61. The molecular weight excluding hydrogens is 332 g/mol. The third-order valence-electron chi connectivity index (χ3n) is 4.83. The van der Waals surface area contributed by atoms with Gasteiger partial charge in [0.25, 0.3) is 0 Å². The average molecular weight is 359 g/mol. The molecule has 1 atom stereocenters. The van der Waals surface area contributed by atoms with Crippen molar-refractivity contribution < 1.29 is 0 Å². The lowest BCUT2D eigenvalue weighted by Gasteiger charge is -2.35. The Morgan fingerprint density at radius 2 is 2.12 bits per heavy atom. The summed E-state index contributed by atoms with van der Waals surface area (Å²) in [5, 5.41) is 3.89. The topological polar surface area (TPSA) is 41.1 Å². The highest BCUT2D eigenvalue weighted by Gasteiger charge is 2.21. The number of hydrogen-bond acceptors (Lipinski definition) is 4. The molecule has 4 nitrogen and oxygen atoms in total. The van der Waals surface area contributed by atoms with Crippen molar-refractivity contribution in [2.24, 2.45) is 0 Å². The molecule has 134 valence electrons. The molecule has 0 amide bonds. The van der Waals surface area contributed by atoms with E-state index in [-0.39, 0.29) is 0 Å². The Bertz CT molecular complexity index is 685. The summed E-state index contributed by atoms with van der Waals surface area (Å²) in [5.41, 5.74) is 3.07. The van der Waals surface area contributed by atoms with E-state index in [1.54, 1.807) is 6.20 Å². The highest BCUT2D eigenvalue weighted by atomic mass is 35.5. The molecule has 1 saturated heterocycles. The van der Waals surface area contributed by atoms with Gasteiger partial charge in [0.05, 0.1) is 16.9 Å². The first-order chi connectivity index (χ1) is 12.2. The van der Waals surface area contributed by atoms with Crippen LogP contribution in [0.1, 0.15) is 50.3 Å². The molecule has 1 aliphatic heterocycles. The Hall–Kier alpha value is -1.65. The summed E-state index contributed by atoms with van der Waals surface area (Å²) in [6.07, 6.45) is 10.2. The van der Waals surface area contributed by atoms with E-state index in [4.69, 9.17) is 11.6 Å². The molecule has 25 heavy (non-hydrogen) atoms. The van der Waals surface area contributed by atoms with Crippen LogP contribution >= 0.6 is 11.6 Å². The monoisotopic (exact) mass is 358 g/mol. The molecule has 0 spiro atoms. The van der Waals surface area contributed by atoms with E-state index < -0.39 is 0 Å². The highest BCUT2D eigenvalue weighted by Crippen LogP contribution is 2.27. The molecule has 2 aromatic heterocycles. The molecule has 0 aliphatic carbocycles. The summed E-state index contributed by atoms with van der Waals surface area (Å²) in [5.74, 6) is 0.680. The lowest BCUT2D eigenvalue weighted by molar-refractivity contribution is 0.131. The maximum absolute atomic E-state index is 6.46. The van der Waals surface area contributed by atoms with E-state index in [0.29, 0.717) is 16.9 Å². The fraction of sp³-hybridized carbons (Fsp3) is 0.500. The molecule has 5 heteroatoms. The van der Waals surface area contributed by atoms with Crippen LogP contribution in [0.2, 0.25) is 5.02 Å². The second-order valence-corrected chi connectivity index (χ2v) is 7.30. The fourth-order valence-electron chi connectivity index (χ4n) is 3.50. The van der Waals surface area contributed by atoms with Crippen molar-refractivity contribution in [3.8, 4) is 0 Å². The van der Waals surface area contributed by atoms with Gasteiger partial charge in [-0.25, -0.2) is 4.98 Å². The van der Waals surface area contributed by atoms with Gasteiger partial charge in [0, 0.05) is 24.5 Å². The zero-order valence-electron chi connectivity index (χ0n) is 15.1. The van der Waals surface area contributed by atoms with Gasteiger partial charge in [-0.1, -0.05) is 31.4 Å². The number of nitrogens with zero attached hydrogens (tertiary/aromatic N) is 3. The maximum Gasteiger partial charge on any atom is 0.149 e. The molecule has 0 aromatic carbocycles. The smallest absolute Gasteiger partial charge is 0.149 e. The molecule has 3 rings (SSSR count). The third-order valence-corrected chi connectivity index (χ3v) is 5.12. The third kappa shape index (κ3) is 4.93. The predicted octanol–water partition coefficient (Wildman–Crippen LogP) is 5.34. The van der Waals surface area contributed by atoms with Crippen LogP contribution in [0.25, 0.3) is 0 Å². The largest absolute Gasteiger partial charge is 0.338 e. The summed E-state index contributed by atoms with van der Waals surface area (Å²) in [6, 6.07) is 6.69. The van der Waals surface area contributed by atoms with Crippen LogP contribution in [0.4, 0.5) is 11.5 Å². The van der Waals surface area contributed by atoms with E-state index in [1.807, 2.05) is 31.3 Å². The number of anilines is 2. The summed E-state index contributed by atoms with van der Waals surface area (Å²) >= 11 is 6.46. The van der Waals surface area contributed by atoms with Gasteiger partial charge in [-0.05, 0) is 56.5 Å². The number of pyridine rings is 2. The Labute approximate surface area is 155 Å². The summed E-state index contributed by atoms with van der Waals surface area (Å²) in [4.78, 5) is 11.4. The predicted molar refractivity (Wildman–Crippen MR) is 104 cm³/mol. The molecular formula is C20H27ClN4. The van der Waals surface area contributed by atoms with Gasteiger partial charge in [-0.15, -0.1) is 0 Å². The van der Waals surface area contributed by atoms with Crippen LogP contribution in [0, 0.1) is 6.92 Å². The molecule has 0 unspecified atom stereocenters. The fourth-order valence-corrected chi connectivity index (χ4v) is 3.73. The Balaban J connectivity index is 1.67. The second kappa shape index (κ2) is 8.63. The van der Waals surface area contributed by atoms with Crippen LogP contribution in [0.5, 0.6) is 0 Å². The number of nitrogens with one attached hydrogen (secondary N) is 1. The van der Waals surface area contributed by atoms with Crippen molar-refractivity contribution in [2.75, 3.05) is 11.9 Å². The highest BCUT2D eigenvalue weighted by molar-refractivity contribution is 6.33. The van der Waals surface area contributed by atoms with Gasteiger partial charge >= 0.3 is 0 Å². The van der Waals surface area contributed by atoms with E-state index in [2.05, 4.69) is 27.1 Å². The number of piperidine rings is 1. The van der Waals surface area contributed by atoms with E-state index in [1.165, 1.54) is 44.2 Å². The minimum absolute atomic E-state index is 0.655. The number of hydrogen-bond donors (Lipinski definition) is 1. The number of aromatic nitrogens is 2. The van der Waals surface area contributed by atoms with Crippen molar-refractivity contribution in [1.29, 1.82) is 0 Å². The molecule has 2 aromatic rings. The van der Waals surface area contributed by atoms with Gasteiger partial charge in [0.2, 0.25) is 0 Å². The Morgan fingerprint density at radius 1 is 1.24 bits per heavy atom. The zero-order valence-corrected chi connectivity index (χ0v) is 15.9. The average Bonchev–Trinajstić information content (AvgIpc) is 2.61. The van der Waals surface area contributed by atoms with Crippen molar-refractivity contribution >= 4 is 23.1 Å². The normalized spacial score (nSPS) is 18.3. The summed E-state index contributed by atoms with van der Waals surface area (Å²) < 4.78 is 0. The van der Waals surface area contributed by atoms with Crippen molar-refractivity contribution in [1.82, 2.24) is 14.9 Å². The SMILES string of the molecule is CCC[C@H]1CCCCN1Cc1cnc(Nc2ccc(C)nc2)c(Cl)c1. The van der Waals surface area contributed by atoms with Crippen LogP contribution < -0.4 is 5.32 Å². The zero-order chi connectivity index (χ0) is 17.6. The van der Waals surface area contributed by atoms with E-state index in [9.17, 15) is 0 Å². The van der Waals surface area contributed by atoms with Gasteiger partial charge in [-0.2, -0.15) is 0 Å². The van der Waals surface area contributed by atoms with E-state index in [0.717, 1.165) is 17.9 Å². The molecule has 3 heterocycles. The maximum atomic E-state index is 6.46. The molecule has 1 N–H and O–H groups in total. The van der Waals surface area contributed by atoms with Gasteiger partial charge in [0.15, 0.2) is 0 Å². The van der Waals surface area contributed by atoms with Crippen LogP contribution in [0.3, 0.4) is 0 Å². The van der Waals surface area contributed by atoms with Gasteiger partial charge < -0.3 is 5.32 Å². The number of likely N-dealkylation sites (tertiary alicyclic amines) is 1. The van der Waals surface area contributed by atoms with E-state index >= 15 is 0 Å². The number of aryl methyl sites for hydroxylation is 1. The standard InChI is InChI=1S/C20H27ClN4/c1-3-6-18-7-4-5-10-25(18)14-16-11-19(21)20(23-12-16)24-17-9-8-15(2)22-13-17/h8-9,11-13,18H,3-7,10,14H2,1-2H3,(H,23,24)/t18-/m0/s1. The van der Waals surface area contributed by atoms with Gasteiger partial charge in [0.1, 0.15) is 5.82 Å². The molecule has 0 bridgehead atoms.